The molecule has 0 atom stereocenters. The van der Waals surface area contributed by atoms with E-state index < -0.39 is 14.4 Å². The van der Waals surface area contributed by atoms with Crippen molar-refractivity contribution >= 4 is 58.7 Å². The average Bonchev–Trinajstić information content (AvgIpc) is 1.73. The normalized spacial score (nSPS) is 14.0. The molecule has 0 saturated carbocycles. The van der Waals surface area contributed by atoms with Gasteiger partial charge in [0.2, 0.25) is 0 Å². The van der Waals surface area contributed by atoms with Crippen molar-refractivity contribution in [2.75, 3.05) is 0 Å². The van der Waals surface area contributed by atoms with E-state index in [9.17, 15) is 0 Å². The fraction of sp³-hybridized carbons (Fsp3) is 1.00. The minimum atomic E-state index is -3.35. The van der Waals surface area contributed by atoms with Crippen molar-refractivity contribution in [2.24, 2.45) is 0 Å². The largest absolute Gasteiger partial charge is 0.544 e. The molecule has 0 rings (SSSR count). The monoisotopic (exact) mass is 330 g/mol. The minimum Gasteiger partial charge on any atom is -0.369 e. The lowest BCUT2D eigenvalue weighted by Gasteiger charge is -2.26. The molecule has 0 aliphatic heterocycles. The number of halogens is 4. The van der Waals surface area contributed by atoms with Crippen LogP contribution in [0.3, 0.4) is 0 Å². The third kappa shape index (κ3) is 9.20. The van der Waals surface area contributed by atoms with Gasteiger partial charge in [0.25, 0.3) is 0 Å². The molecule has 0 radical (unpaired) electrons. The standard InChI is InChI=1S/C6H14Cl4O3Si2/c1-5(2)11-14(7,8)13-15(9,10)12-6(3)4/h5-6H,1-4H3. The van der Waals surface area contributed by atoms with Crippen LogP contribution in [0.1, 0.15) is 27.7 Å². The lowest BCUT2D eigenvalue weighted by atomic mass is 10.5. The summed E-state index contributed by atoms with van der Waals surface area (Å²) in [5.41, 5.74) is 0. The van der Waals surface area contributed by atoms with Crippen molar-refractivity contribution < 1.29 is 13.0 Å². The van der Waals surface area contributed by atoms with Gasteiger partial charge >= 0.3 is 14.4 Å². The lowest BCUT2D eigenvalue weighted by molar-refractivity contribution is 0.172. The van der Waals surface area contributed by atoms with Gasteiger partial charge in [0, 0.05) is 12.2 Å². The molecule has 0 spiro atoms. The maximum absolute atomic E-state index is 5.84. The summed E-state index contributed by atoms with van der Waals surface area (Å²) >= 11 is 23.4. The molecule has 0 aliphatic rings. The Bertz CT molecular complexity index is 181. The van der Waals surface area contributed by atoms with Crippen LogP contribution in [0, 0.1) is 0 Å². The van der Waals surface area contributed by atoms with Gasteiger partial charge in [-0.2, -0.15) is 0 Å². The summed E-state index contributed by atoms with van der Waals surface area (Å²) in [5, 5.41) is 0. The quantitative estimate of drug-likeness (QED) is 0.549. The molecule has 0 bridgehead atoms. The summed E-state index contributed by atoms with van der Waals surface area (Å²) < 4.78 is 15.5. The smallest absolute Gasteiger partial charge is 0.369 e. The molecule has 0 aromatic heterocycles. The molecule has 0 unspecified atom stereocenters. The van der Waals surface area contributed by atoms with E-state index in [2.05, 4.69) is 0 Å². The second-order valence-electron chi connectivity index (χ2n) is 3.36. The Morgan fingerprint density at radius 3 is 1.20 bits per heavy atom. The van der Waals surface area contributed by atoms with E-state index in [1.807, 2.05) is 0 Å². The van der Waals surface area contributed by atoms with Crippen molar-refractivity contribution in [3.8, 4) is 0 Å². The number of rotatable bonds is 6. The highest BCUT2D eigenvalue weighted by Crippen LogP contribution is 2.30. The molecule has 0 heterocycles. The first-order valence-electron chi connectivity index (χ1n) is 4.35. The third-order valence-electron chi connectivity index (χ3n) is 0.983. The predicted molar refractivity (Wildman–Crippen MR) is 68.4 cm³/mol. The first-order valence-corrected chi connectivity index (χ1v) is 12.0. The van der Waals surface area contributed by atoms with E-state index in [0.29, 0.717) is 0 Å². The molecule has 9 heteroatoms. The van der Waals surface area contributed by atoms with Crippen LogP contribution in [0.25, 0.3) is 0 Å². The highest BCUT2D eigenvalue weighted by Gasteiger charge is 2.48. The zero-order valence-electron chi connectivity index (χ0n) is 8.89. The highest BCUT2D eigenvalue weighted by molar-refractivity contribution is 7.47. The lowest BCUT2D eigenvalue weighted by Crippen LogP contribution is -2.45. The molecule has 0 fully saturated rings. The van der Waals surface area contributed by atoms with Gasteiger partial charge in [-0.3, -0.25) is 0 Å². The molecule has 0 aliphatic carbocycles. The molecular formula is C6H14Cl4O3Si2. The van der Waals surface area contributed by atoms with Crippen LogP contribution in [0.15, 0.2) is 0 Å². The van der Waals surface area contributed by atoms with Gasteiger partial charge in [-0.05, 0) is 27.7 Å². The first-order chi connectivity index (χ1) is 6.54. The van der Waals surface area contributed by atoms with Crippen molar-refractivity contribution in [1.82, 2.24) is 0 Å². The van der Waals surface area contributed by atoms with Crippen molar-refractivity contribution in [3.05, 3.63) is 0 Å². The zero-order chi connectivity index (χ0) is 12.3. The van der Waals surface area contributed by atoms with E-state index in [4.69, 9.17) is 57.3 Å². The summed E-state index contributed by atoms with van der Waals surface area (Å²) in [5.74, 6) is 0. The minimum absolute atomic E-state index is 0.163. The maximum Gasteiger partial charge on any atom is 0.544 e. The molecular weight excluding hydrogens is 318 g/mol. The topological polar surface area (TPSA) is 27.7 Å². The third-order valence-corrected chi connectivity index (χ3v) is 8.22. The second kappa shape index (κ2) is 6.42. The Morgan fingerprint density at radius 1 is 0.733 bits per heavy atom. The summed E-state index contributed by atoms with van der Waals surface area (Å²) in [6.07, 6.45) is -0.326. The number of hydrogen-bond acceptors (Lipinski definition) is 3. The SMILES string of the molecule is CC(C)O[Si](Cl)(Cl)O[Si](Cl)(Cl)OC(C)C. The second-order valence-corrected chi connectivity index (χ2v) is 13.6. The fourth-order valence-electron chi connectivity index (χ4n) is 0.735. The van der Waals surface area contributed by atoms with Gasteiger partial charge in [-0.1, -0.05) is 44.3 Å². The molecule has 0 aromatic rings. The van der Waals surface area contributed by atoms with Crippen LogP contribution in [0.4, 0.5) is 0 Å². The Morgan fingerprint density at radius 2 is 1.00 bits per heavy atom. The molecule has 0 N–H and O–H groups in total. The predicted octanol–water partition coefficient (Wildman–Crippen LogP) is 3.68. The Hall–Kier alpha value is 1.47. The zero-order valence-corrected chi connectivity index (χ0v) is 13.9. The van der Waals surface area contributed by atoms with Crippen LogP contribution >= 0.6 is 44.3 Å². The molecule has 0 aromatic carbocycles. The maximum atomic E-state index is 5.84. The summed E-state index contributed by atoms with van der Waals surface area (Å²) in [6.45, 7) is 7.13. The van der Waals surface area contributed by atoms with Crippen molar-refractivity contribution in [2.45, 2.75) is 39.9 Å². The van der Waals surface area contributed by atoms with E-state index in [1.165, 1.54) is 0 Å². The van der Waals surface area contributed by atoms with Crippen LogP contribution in [0.2, 0.25) is 0 Å². The van der Waals surface area contributed by atoms with Crippen LogP contribution < -0.4 is 0 Å². The van der Waals surface area contributed by atoms with E-state index in [1.54, 1.807) is 27.7 Å². The van der Waals surface area contributed by atoms with Gasteiger partial charge < -0.3 is 13.0 Å². The average molecular weight is 332 g/mol. The van der Waals surface area contributed by atoms with Crippen molar-refractivity contribution in [3.63, 3.8) is 0 Å². The molecule has 15 heavy (non-hydrogen) atoms. The Balaban J connectivity index is 4.29. The number of hydrogen-bond donors (Lipinski definition) is 0. The van der Waals surface area contributed by atoms with Crippen LogP contribution in [-0.2, 0) is 13.0 Å². The molecule has 0 saturated heterocycles. The molecule has 0 amide bonds. The van der Waals surface area contributed by atoms with E-state index >= 15 is 0 Å². The molecule has 92 valence electrons. The van der Waals surface area contributed by atoms with Gasteiger partial charge in [0.05, 0.1) is 0 Å². The first kappa shape index (κ1) is 16.5. The van der Waals surface area contributed by atoms with E-state index in [0.717, 1.165) is 0 Å². The van der Waals surface area contributed by atoms with E-state index in [-0.39, 0.29) is 12.2 Å². The Labute approximate surface area is 111 Å². The van der Waals surface area contributed by atoms with Gasteiger partial charge in [0.15, 0.2) is 0 Å². The summed E-state index contributed by atoms with van der Waals surface area (Å²) in [6, 6.07) is 0. The van der Waals surface area contributed by atoms with Gasteiger partial charge in [-0.15, -0.1) is 0 Å². The highest BCUT2D eigenvalue weighted by atomic mass is 35.7. The molecule has 3 nitrogen and oxygen atoms in total. The van der Waals surface area contributed by atoms with Crippen LogP contribution in [0.5, 0.6) is 0 Å². The van der Waals surface area contributed by atoms with Gasteiger partial charge in [0.1, 0.15) is 0 Å². The Kier molecular flexibility index (Phi) is 7.05. The summed E-state index contributed by atoms with van der Waals surface area (Å²) in [4.78, 5) is 0. The van der Waals surface area contributed by atoms with Gasteiger partial charge in [-0.25, -0.2) is 0 Å². The van der Waals surface area contributed by atoms with Crippen LogP contribution in [-0.4, -0.2) is 26.6 Å². The van der Waals surface area contributed by atoms with Crippen molar-refractivity contribution in [1.29, 1.82) is 0 Å². The fourth-order valence-corrected chi connectivity index (χ4v) is 10.8. The summed E-state index contributed by atoms with van der Waals surface area (Å²) in [7, 11) is -6.70.